The summed E-state index contributed by atoms with van der Waals surface area (Å²) in [5, 5.41) is 0. The minimum absolute atomic E-state index is 0.120. The van der Waals surface area contributed by atoms with Gasteiger partial charge in [-0.3, -0.25) is 4.79 Å². The highest BCUT2D eigenvalue weighted by Crippen LogP contribution is 2.27. The lowest BCUT2D eigenvalue weighted by Gasteiger charge is -2.25. The van der Waals surface area contributed by atoms with Gasteiger partial charge in [-0.1, -0.05) is 36.8 Å². The second-order valence-electron chi connectivity index (χ2n) is 6.49. The first-order chi connectivity index (χ1) is 11.8. The number of hydrogen-bond acceptors (Lipinski definition) is 2. The molecular weight excluding hydrogens is 298 g/mol. The number of likely N-dealkylation sites (tertiary alicyclic amines) is 1. The summed E-state index contributed by atoms with van der Waals surface area (Å²) in [5.74, 6) is 0.544. The maximum Gasteiger partial charge on any atom is 0.253 e. The van der Waals surface area contributed by atoms with E-state index in [9.17, 15) is 4.79 Å². The van der Waals surface area contributed by atoms with Gasteiger partial charge >= 0.3 is 0 Å². The average Bonchev–Trinajstić information content (AvgIpc) is 2.96. The van der Waals surface area contributed by atoms with Crippen LogP contribution >= 0.6 is 0 Å². The van der Waals surface area contributed by atoms with Crippen LogP contribution in [0.5, 0.6) is 0 Å². The third-order valence-electron chi connectivity index (χ3n) is 4.90. The van der Waals surface area contributed by atoms with Crippen molar-refractivity contribution in [1.82, 2.24) is 14.9 Å². The van der Waals surface area contributed by atoms with Crippen molar-refractivity contribution in [3.8, 4) is 0 Å². The Bertz CT molecular complexity index is 840. The number of carbonyl (C=O) groups is 1. The molecule has 0 aliphatic carbocycles. The molecule has 4 rings (SSSR count). The van der Waals surface area contributed by atoms with E-state index in [1.807, 2.05) is 29.2 Å². The first kappa shape index (κ1) is 14.9. The Kier molecular flexibility index (Phi) is 4.03. The molecule has 0 unspecified atom stereocenters. The largest absolute Gasteiger partial charge is 0.345 e. The summed E-state index contributed by atoms with van der Waals surface area (Å²) >= 11 is 0. The number of benzene rings is 2. The zero-order chi connectivity index (χ0) is 16.4. The molecule has 1 aliphatic heterocycles. The fraction of sp³-hybridized carbons (Fsp3) is 0.300. The molecule has 0 bridgehead atoms. The standard InChI is InChI=1S/C20H21N3O/c24-20(16-9-10-18-19(12-16)22-14-21-18)23-11-5-4-8-17(13-23)15-6-2-1-3-7-15/h1-3,6-7,9-10,12,14,17H,4-5,8,11,13H2,(H,21,22)/t17-/m1/s1. The van der Waals surface area contributed by atoms with E-state index in [2.05, 4.69) is 34.2 Å². The van der Waals surface area contributed by atoms with E-state index in [0.29, 0.717) is 5.92 Å². The average molecular weight is 319 g/mol. The van der Waals surface area contributed by atoms with Crippen LogP contribution in [-0.2, 0) is 0 Å². The van der Waals surface area contributed by atoms with Gasteiger partial charge in [-0.2, -0.15) is 0 Å². The topological polar surface area (TPSA) is 49.0 Å². The Balaban J connectivity index is 1.58. The van der Waals surface area contributed by atoms with Gasteiger partial charge in [0.25, 0.3) is 5.91 Å². The molecule has 1 aromatic heterocycles. The van der Waals surface area contributed by atoms with Crippen molar-refractivity contribution >= 4 is 16.9 Å². The number of nitrogens with zero attached hydrogens (tertiary/aromatic N) is 2. The Hall–Kier alpha value is -2.62. The zero-order valence-electron chi connectivity index (χ0n) is 13.6. The third kappa shape index (κ3) is 2.92. The minimum Gasteiger partial charge on any atom is -0.345 e. The molecule has 122 valence electrons. The van der Waals surface area contributed by atoms with Crippen LogP contribution in [0.15, 0.2) is 54.9 Å². The van der Waals surface area contributed by atoms with Crippen LogP contribution in [0.25, 0.3) is 11.0 Å². The van der Waals surface area contributed by atoms with E-state index in [0.717, 1.165) is 42.5 Å². The van der Waals surface area contributed by atoms with E-state index in [1.165, 1.54) is 12.0 Å². The summed E-state index contributed by atoms with van der Waals surface area (Å²) in [6.45, 7) is 1.63. The van der Waals surface area contributed by atoms with Crippen LogP contribution in [0.2, 0.25) is 0 Å². The van der Waals surface area contributed by atoms with Crippen LogP contribution in [0.1, 0.15) is 41.1 Å². The first-order valence-electron chi connectivity index (χ1n) is 8.58. The van der Waals surface area contributed by atoms with Crippen molar-refractivity contribution in [2.75, 3.05) is 13.1 Å². The fourth-order valence-corrected chi connectivity index (χ4v) is 3.57. The van der Waals surface area contributed by atoms with Crippen LogP contribution in [-0.4, -0.2) is 33.9 Å². The van der Waals surface area contributed by atoms with Gasteiger partial charge in [-0.15, -0.1) is 0 Å². The summed E-state index contributed by atoms with van der Waals surface area (Å²) in [4.78, 5) is 22.3. The number of nitrogens with one attached hydrogen (secondary N) is 1. The number of hydrogen-bond donors (Lipinski definition) is 1. The lowest BCUT2D eigenvalue weighted by atomic mass is 9.94. The smallest absolute Gasteiger partial charge is 0.253 e. The number of carbonyl (C=O) groups excluding carboxylic acids is 1. The van der Waals surface area contributed by atoms with Crippen molar-refractivity contribution in [2.45, 2.75) is 25.2 Å². The van der Waals surface area contributed by atoms with E-state index in [4.69, 9.17) is 0 Å². The maximum absolute atomic E-state index is 13.0. The van der Waals surface area contributed by atoms with Crippen molar-refractivity contribution < 1.29 is 4.79 Å². The van der Waals surface area contributed by atoms with Gasteiger partial charge in [0.1, 0.15) is 0 Å². The molecule has 1 fully saturated rings. The maximum atomic E-state index is 13.0. The molecule has 24 heavy (non-hydrogen) atoms. The monoisotopic (exact) mass is 319 g/mol. The Morgan fingerprint density at radius 2 is 2.00 bits per heavy atom. The number of H-pyrrole nitrogens is 1. The molecule has 0 saturated carbocycles. The highest BCUT2D eigenvalue weighted by Gasteiger charge is 2.24. The predicted octanol–water partition coefficient (Wildman–Crippen LogP) is 3.97. The van der Waals surface area contributed by atoms with Crippen LogP contribution in [0.4, 0.5) is 0 Å². The SMILES string of the molecule is O=C(c1ccc2nc[nH]c2c1)N1CCCC[C@@H](c2ccccc2)C1. The summed E-state index contributed by atoms with van der Waals surface area (Å²) in [6, 6.07) is 16.3. The van der Waals surface area contributed by atoms with Gasteiger partial charge in [0.15, 0.2) is 0 Å². The molecule has 1 amide bonds. The molecule has 1 N–H and O–H groups in total. The predicted molar refractivity (Wildman–Crippen MR) is 95.0 cm³/mol. The van der Waals surface area contributed by atoms with Gasteiger partial charge in [-0.25, -0.2) is 4.98 Å². The quantitative estimate of drug-likeness (QED) is 0.777. The second-order valence-corrected chi connectivity index (χ2v) is 6.49. The van der Waals surface area contributed by atoms with Crippen molar-refractivity contribution in [2.24, 2.45) is 0 Å². The molecule has 1 saturated heterocycles. The van der Waals surface area contributed by atoms with Gasteiger partial charge < -0.3 is 9.88 Å². The van der Waals surface area contributed by atoms with Crippen molar-refractivity contribution in [3.63, 3.8) is 0 Å². The molecule has 0 radical (unpaired) electrons. The summed E-state index contributed by atoms with van der Waals surface area (Å²) < 4.78 is 0. The number of fused-ring (bicyclic) bond motifs is 1. The molecule has 2 aromatic carbocycles. The fourth-order valence-electron chi connectivity index (χ4n) is 3.57. The number of aromatic amines is 1. The van der Waals surface area contributed by atoms with Gasteiger partial charge in [0.2, 0.25) is 0 Å². The van der Waals surface area contributed by atoms with E-state index in [-0.39, 0.29) is 5.91 Å². The molecule has 1 atom stereocenters. The molecule has 4 heteroatoms. The minimum atomic E-state index is 0.120. The molecule has 4 nitrogen and oxygen atoms in total. The summed E-state index contributed by atoms with van der Waals surface area (Å²) in [5.41, 5.74) is 3.88. The summed E-state index contributed by atoms with van der Waals surface area (Å²) in [7, 11) is 0. The molecule has 1 aliphatic rings. The van der Waals surface area contributed by atoms with Crippen molar-refractivity contribution in [3.05, 3.63) is 66.0 Å². The normalized spacial score (nSPS) is 18.5. The lowest BCUT2D eigenvalue weighted by molar-refractivity contribution is 0.0754. The van der Waals surface area contributed by atoms with Crippen LogP contribution < -0.4 is 0 Å². The van der Waals surface area contributed by atoms with E-state index < -0.39 is 0 Å². The first-order valence-corrected chi connectivity index (χ1v) is 8.58. The van der Waals surface area contributed by atoms with Crippen molar-refractivity contribution in [1.29, 1.82) is 0 Å². The highest BCUT2D eigenvalue weighted by atomic mass is 16.2. The lowest BCUT2D eigenvalue weighted by Crippen LogP contribution is -2.34. The van der Waals surface area contributed by atoms with Gasteiger partial charge in [0, 0.05) is 24.6 Å². The Labute approximate surface area is 141 Å². The highest BCUT2D eigenvalue weighted by molar-refractivity contribution is 5.97. The number of rotatable bonds is 2. The number of imidazole rings is 1. The van der Waals surface area contributed by atoms with E-state index in [1.54, 1.807) is 6.33 Å². The summed E-state index contributed by atoms with van der Waals surface area (Å²) in [6.07, 6.45) is 5.05. The van der Waals surface area contributed by atoms with Gasteiger partial charge in [0.05, 0.1) is 17.4 Å². The zero-order valence-corrected chi connectivity index (χ0v) is 13.6. The Morgan fingerprint density at radius 3 is 2.88 bits per heavy atom. The molecular formula is C20H21N3O. The molecule has 0 spiro atoms. The van der Waals surface area contributed by atoms with Gasteiger partial charge in [-0.05, 0) is 36.6 Å². The van der Waals surface area contributed by atoms with E-state index >= 15 is 0 Å². The van der Waals surface area contributed by atoms with Crippen LogP contribution in [0, 0.1) is 0 Å². The third-order valence-corrected chi connectivity index (χ3v) is 4.90. The van der Waals surface area contributed by atoms with Crippen LogP contribution in [0.3, 0.4) is 0 Å². The number of aromatic nitrogens is 2. The number of amides is 1. The second kappa shape index (κ2) is 6.48. The Morgan fingerprint density at radius 1 is 1.12 bits per heavy atom. The molecule has 2 heterocycles. The molecule has 3 aromatic rings.